The van der Waals surface area contributed by atoms with Crippen LogP contribution in [0.5, 0.6) is 0 Å². The van der Waals surface area contributed by atoms with Crippen molar-refractivity contribution in [2.24, 2.45) is 11.8 Å². The Morgan fingerprint density at radius 1 is 0.963 bits per heavy atom. The Balaban J connectivity index is 1.69. The Morgan fingerprint density at radius 2 is 1.52 bits per heavy atom. The maximum Gasteiger partial charge on any atom is 0.216 e. The highest BCUT2D eigenvalue weighted by molar-refractivity contribution is 7.90. The number of rotatable bonds is 9. The zero-order valence-electron chi connectivity index (χ0n) is 17.6. The highest BCUT2D eigenvalue weighted by Gasteiger charge is 2.30. The molecular weight excluding hydrogens is 356 g/mol. The molecule has 1 aliphatic rings. The monoisotopic (exact) mass is 394 g/mol. The molecule has 1 fully saturated rings. The normalized spacial score (nSPS) is 21.2. The smallest absolute Gasteiger partial charge is 0.216 e. The lowest BCUT2D eigenvalue weighted by Crippen LogP contribution is -2.42. The molecule has 1 aliphatic carbocycles. The van der Waals surface area contributed by atoms with Crippen LogP contribution in [0.1, 0.15) is 71.8 Å². The summed E-state index contributed by atoms with van der Waals surface area (Å²) in [4.78, 5) is 0. The number of nitrogens with one attached hydrogen (secondary N) is 2. The minimum atomic E-state index is -3.23. The molecule has 2 N–H and O–H groups in total. The molecule has 0 bridgehead atoms. The molecule has 154 valence electrons. The van der Waals surface area contributed by atoms with Gasteiger partial charge in [-0.2, -0.15) is 0 Å². The molecule has 2 rings (SSSR count). The molecule has 0 radical (unpaired) electrons. The lowest BCUT2D eigenvalue weighted by molar-refractivity contribution is 0.284. The van der Waals surface area contributed by atoms with Gasteiger partial charge in [-0.05, 0) is 88.8 Å². The van der Waals surface area contributed by atoms with Gasteiger partial charge in [0, 0.05) is 18.8 Å². The maximum absolute atomic E-state index is 12.2. The number of hydrogen-bond acceptors (Lipinski definition) is 3. The Morgan fingerprint density at radius 3 is 2.04 bits per heavy atom. The van der Waals surface area contributed by atoms with Gasteiger partial charge in [0.15, 0.2) is 0 Å². The molecule has 1 aromatic carbocycles. The summed E-state index contributed by atoms with van der Waals surface area (Å²) in [7, 11) is -3.23. The molecule has 5 heteroatoms. The first-order valence-corrected chi connectivity index (χ1v) is 12.0. The number of hydrogen-bond donors (Lipinski definition) is 2. The largest absolute Gasteiger partial charge is 0.385 e. The number of sulfonamides is 1. The van der Waals surface area contributed by atoms with Crippen LogP contribution in [0, 0.1) is 11.8 Å². The third kappa shape index (κ3) is 7.11. The summed E-state index contributed by atoms with van der Waals surface area (Å²) in [5.74, 6) is 1.15. The third-order valence-electron chi connectivity index (χ3n) is 5.70. The molecular formula is C22H38N2O2S. The predicted octanol–water partition coefficient (Wildman–Crippen LogP) is 4.97. The number of aryl methyl sites for hydroxylation is 1. The summed E-state index contributed by atoms with van der Waals surface area (Å²) in [6.07, 6.45) is 8.21. The summed E-state index contributed by atoms with van der Waals surface area (Å²) < 4.78 is 26.4. The van der Waals surface area contributed by atoms with Gasteiger partial charge in [0.05, 0.1) is 4.75 Å². The molecule has 4 nitrogen and oxygen atoms in total. The van der Waals surface area contributed by atoms with Crippen LogP contribution in [0.2, 0.25) is 0 Å². The van der Waals surface area contributed by atoms with Gasteiger partial charge in [0.1, 0.15) is 0 Å². The second kappa shape index (κ2) is 9.92. The van der Waals surface area contributed by atoms with E-state index in [-0.39, 0.29) is 0 Å². The van der Waals surface area contributed by atoms with Gasteiger partial charge in [-0.15, -0.1) is 0 Å². The number of anilines is 1. The fraction of sp³-hybridized carbons (Fsp3) is 0.727. The van der Waals surface area contributed by atoms with Gasteiger partial charge < -0.3 is 5.32 Å². The molecule has 0 aliphatic heterocycles. The van der Waals surface area contributed by atoms with Crippen LogP contribution in [-0.4, -0.2) is 26.3 Å². The van der Waals surface area contributed by atoms with Crippen LogP contribution in [0.4, 0.5) is 5.69 Å². The van der Waals surface area contributed by atoms with E-state index in [2.05, 4.69) is 41.2 Å². The van der Waals surface area contributed by atoms with Crippen molar-refractivity contribution in [3.8, 4) is 0 Å². The van der Waals surface area contributed by atoms with Crippen LogP contribution in [-0.2, 0) is 16.4 Å². The van der Waals surface area contributed by atoms with E-state index >= 15 is 0 Å². The van der Waals surface area contributed by atoms with Crippen molar-refractivity contribution in [3.63, 3.8) is 0 Å². The van der Waals surface area contributed by atoms with E-state index < -0.39 is 14.8 Å². The van der Waals surface area contributed by atoms with Crippen molar-refractivity contribution < 1.29 is 8.42 Å². The standard InChI is InChI=1S/C22H38N2O2S/c1-5-6-7-18-12-14-21(15-13-18)23-16-19-8-10-20(11-9-19)17-24-27(25,26)22(2,3)4/h12-15,19-20,23-24H,5-11,16-17H2,1-4H3/t19-,20-. The molecule has 0 atom stereocenters. The minimum Gasteiger partial charge on any atom is -0.385 e. The van der Waals surface area contributed by atoms with E-state index in [1.807, 2.05) is 0 Å². The molecule has 0 spiro atoms. The highest BCUT2D eigenvalue weighted by Crippen LogP contribution is 2.29. The predicted molar refractivity (Wildman–Crippen MR) is 116 cm³/mol. The molecule has 1 aromatic rings. The van der Waals surface area contributed by atoms with Gasteiger partial charge in [0.2, 0.25) is 10.0 Å². The van der Waals surface area contributed by atoms with E-state index in [1.54, 1.807) is 20.8 Å². The quantitative estimate of drug-likeness (QED) is 0.622. The fourth-order valence-electron chi connectivity index (χ4n) is 3.52. The molecule has 0 aromatic heterocycles. The summed E-state index contributed by atoms with van der Waals surface area (Å²) in [5.41, 5.74) is 2.62. The first kappa shape index (κ1) is 22.2. The SMILES string of the molecule is CCCCc1ccc(NC[C@H]2CC[C@H](CNS(=O)(=O)C(C)(C)C)CC2)cc1. The topological polar surface area (TPSA) is 58.2 Å². The third-order valence-corrected chi connectivity index (χ3v) is 7.86. The number of benzene rings is 1. The molecule has 1 saturated carbocycles. The van der Waals surface area contributed by atoms with Crippen molar-refractivity contribution in [2.45, 2.75) is 77.4 Å². The van der Waals surface area contributed by atoms with Gasteiger partial charge in [-0.3, -0.25) is 0 Å². The van der Waals surface area contributed by atoms with Crippen molar-refractivity contribution in [2.75, 3.05) is 18.4 Å². The maximum atomic E-state index is 12.2. The van der Waals surface area contributed by atoms with E-state index in [0.717, 1.165) is 19.4 Å². The van der Waals surface area contributed by atoms with Crippen molar-refractivity contribution >= 4 is 15.7 Å². The van der Waals surface area contributed by atoms with Gasteiger partial charge in [0.25, 0.3) is 0 Å². The van der Waals surface area contributed by atoms with E-state index in [0.29, 0.717) is 18.4 Å². The molecule has 0 heterocycles. The minimum absolute atomic E-state index is 0.469. The van der Waals surface area contributed by atoms with E-state index in [9.17, 15) is 8.42 Å². The van der Waals surface area contributed by atoms with E-state index in [1.165, 1.54) is 43.4 Å². The van der Waals surface area contributed by atoms with Crippen LogP contribution in [0.3, 0.4) is 0 Å². The second-order valence-electron chi connectivity index (χ2n) is 9.03. The van der Waals surface area contributed by atoms with Crippen molar-refractivity contribution in [3.05, 3.63) is 29.8 Å². The summed E-state index contributed by atoms with van der Waals surface area (Å²) in [5, 5.41) is 3.58. The average molecular weight is 395 g/mol. The van der Waals surface area contributed by atoms with Crippen LogP contribution < -0.4 is 10.0 Å². The molecule has 27 heavy (non-hydrogen) atoms. The Labute approximate surface area is 166 Å². The fourth-order valence-corrected chi connectivity index (χ4v) is 4.40. The summed E-state index contributed by atoms with van der Waals surface area (Å²) >= 11 is 0. The Bertz CT molecular complexity index is 655. The lowest BCUT2D eigenvalue weighted by Gasteiger charge is -2.30. The van der Waals surface area contributed by atoms with Crippen LogP contribution in [0.15, 0.2) is 24.3 Å². The highest BCUT2D eigenvalue weighted by atomic mass is 32.2. The Kier molecular flexibility index (Phi) is 8.17. The van der Waals surface area contributed by atoms with Crippen LogP contribution >= 0.6 is 0 Å². The van der Waals surface area contributed by atoms with E-state index in [4.69, 9.17) is 0 Å². The average Bonchev–Trinajstić information content (AvgIpc) is 2.64. The van der Waals surface area contributed by atoms with Gasteiger partial charge in [-0.25, -0.2) is 13.1 Å². The zero-order chi connectivity index (χ0) is 19.9. The first-order valence-electron chi connectivity index (χ1n) is 10.5. The molecule has 0 amide bonds. The zero-order valence-corrected chi connectivity index (χ0v) is 18.4. The van der Waals surface area contributed by atoms with Crippen molar-refractivity contribution in [1.82, 2.24) is 4.72 Å². The second-order valence-corrected chi connectivity index (χ2v) is 11.6. The van der Waals surface area contributed by atoms with Gasteiger partial charge >= 0.3 is 0 Å². The lowest BCUT2D eigenvalue weighted by atomic mass is 9.82. The summed E-state index contributed by atoms with van der Waals surface area (Å²) in [6.45, 7) is 9.05. The first-order chi connectivity index (χ1) is 12.7. The molecule has 0 unspecified atom stereocenters. The van der Waals surface area contributed by atoms with Gasteiger partial charge in [-0.1, -0.05) is 25.5 Å². The van der Waals surface area contributed by atoms with Crippen molar-refractivity contribution in [1.29, 1.82) is 0 Å². The molecule has 0 saturated heterocycles. The summed E-state index contributed by atoms with van der Waals surface area (Å²) in [6, 6.07) is 8.85. The number of unbranched alkanes of at least 4 members (excludes halogenated alkanes) is 1. The Hall–Kier alpha value is -1.07. The van der Waals surface area contributed by atoms with Crippen LogP contribution in [0.25, 0.3) is 0 Å².